The van der Waals surface area contributed by atoms with Gasteiger partial charge < -0.3 is 9.64 Å². The zero-order valence-corrected chi connectivity index (χ0v) is 20.2. The average molecular weight is 483 g/mol. The van der Waals surface area contributed by atoms with Gasteiger partial charge >= 0.3 is 6.18 Å². The number of aromatic nitrogens is 2. The van der Waals surface area contributed by atoms with Gasteiger partial charge in [0.25, 0.3) is 0 Å². The van der Waals surface area contributed by atoms with Crippen molar-refractivity contribution in [1.82, 2.24) is 14.9 Å². The quantitative estimate of drug-likeness (QED) is 0.570. The van der Waals surface area contributed by atoms with E-state index in [9.17, 15) is 13.2 Å². The van der Waals surface area contributed by atoms with E-state index in [1.165, 1.54) is 12.7 Å². The number of hydrogen-bond acceptors (Lipinski definition) is 6. The normalized spacial score (nSPS) is 23.0. The minimum atomic E-state index is -4.21. The van der Waals surface area contributed by atoms with Gasteiger partial charge in [0.05, 0.1) is 11.8 Å². The van der Waals surface area contributed by atoms with Crippen LogP contribution in [0.2, 0.25) is 0 Å². The molecule has 3 saturated heterocycles. The van der Waals surface area contributed by atoms with Crippen LogP contribution < -0.4 is 4.90 Å². The van der Waals surface area contributed by atoms with Crippen LogP contribution >= 0.6 is 11.3 Å². The van der Waals surface area contributed by atoms with Crippen molar-refractivity contribution in [3.8, 4) is 0 Å². The van der Waals surface area contributed by atoms with Gasteiger partial charge in [0.1, 0.15) is 17.0 Å². The second-order valence-corrected chi connectivity index (χ2v) is 11.8. The number of rotatable bonds is 6. The summed E-state index contributed by atoms with van der Waals surface area (Å²) in [4.78, 5) is 14.7. The number of likely N-dealkylation sites (tertiary alicyclic amines) is 1. The summed E-state index contributed by atoms with van der Waals surface area (Å²) in [5.74, 6) is 2.19. The minimum absolute atomic E-state index is 0.266. The maximum Gasteiger partial charge on any atom is 0.393 e. The van der Waals surface area contributed by atoms with Crippen LogP contribution in [0.25, 0.3) is 10.2 Å². The third-order valence-electron chi connectivity index (χ3n) is 7.54. The molecule has 3 aliphatic rings. The standard InChI is InChI=1S/C24H33F3N4OS/c1-16(2)9-20(17-3-7-32-8-4-17)31-13-23(14-31)5-6-30(12-23)21-19-10-18(11-24(25,26)27)33-22(19)29-15-28-21/h10,15-17,20H,3-9,11-14H2,1-2H3/t20-/m0/s1. The number of halogens is 3. The van der Waals surface area contributed by atoms with Crippen LogP contribution in [0.3, 0.4) is 0 Å². The van der Waals surface area contributed by atoms with Crippen molar-refractivity contribution in [2.75, 3.05) is 44.3 Å². The molecule has 3 aliphatic heterocycles. The summed E-state index contributed by atoms with van der Waals surface area (Å²) in [5.41, 5.74) is 0.266. The van der Waals surface area contributed by atoms with Crippen molar-refractivity contribution < 1.29 is 17.9 Å². The molecule has 5 nitrogen and oxygen atoms in total. The van der Waals surface area contributed by atoms with Gasteiger partial charge in [0.2, 0.25) is 0 Å². The Morgan fingerprint density at radius 2 is 1.94 bits per heavy atom. The van der Waals surface area contributed by atoms with Gasteiger partial charge in [0.15, 0.2) is 0 Å². The molecule has 0 N–H and O–H groups in total. The molecule has 0 aliphatic carbocycles. The summed E-state index contributed by atoms with van der Waals surface area (Å²) in [6, 6.07) is 2.27. The largest absolute Gasteiger partial charge is 0.393 e. The highest BCUT2D eigenvalue weighted by Gasteiger charge is 2.51. The topological polar surface area (TPSA) is 41.5 Å². The van der Waals surface area contributed by atoms with Crippen LogP contribution in [0.1, 0.15) is 44.4 Å². The Morgan fingerprint density at radius 1 is 1.18 bits per heavy atom. The van der Waals surface area contributed by atoms with Crippen LogP contribution in [0, 0.1) is 17.3 Å². The highest BCUT2D eigenvalue weighted by atomic mass is 32.1. The van der Waals surface area contributed by atoms with Gasteiger partial charge in [-0.05, 0) is 43.6 Å². The Kier molecular flexibility index (Phi) is 6.33. The first-order valence-electron chi connectivity index (χ1n) is 12.1. The number of thiophene rings is 1. The smallest absolute Gasteiger partial charge is 0.381 e. The third kappa shape index (κ3) is 5.00. The molecule has 5 rings (SSSR count). The van der Waals surface area contributed by atoms with Crippen LogP contribution in [-0.2, 0) is 11.2 Å². The first-order valence-corrected chi connectivity index (χ1v) is 12.9. The summed E-state index contributed by atoms with van der Waals surface area (Å²) in [6.45, 7) is 10.4. The fourth-order valence-corrected chi connectivity index (χ4v) is 7.10. The van der Waals surface area contributed by atoms with Crippen LogP contribution in [0.5, 0.6) is 0 Å². The lowest BCUT2D eigenvalue weighted by Gasteiger charge is -2.54. The maximum absolute atomic E-state index is 12.9. The lowest BCUT2D eigenvalue weighted by molar-refractivity contribution is -0.126. The van der Waals surface area contributed by atoms with Crippen molar-refractivity contribution in [2.24, 2.45) is 17.3 Å². The molecule has 2 aromatic heterocycles. The molecule has 1 spiro atoms. The molecule has 0 radical (unpaired) electrons. The Morgan fingerprint density at radius 3 is 2.64 bits per heavy atom. The van der Waals surface area contributed by atoms with Crippen molar-refractivity contribution in [3.63, 3.8) is 0 Å². The van der Waals surface area contributed by atoms with Gasteiger partial charge in [0, 0.05) is 55.7 Å². The number of nitrogens with zero attached hydrogens (tertiary/aromatic N) is 4. The summed E-state index contributed by atoms with van der Waals surface area (Å²) in [7, 11) is 0. The van der Waals surface area contributed by atoms with E-state index in [1.54, 1.807) is 6.07 Å². The van der Waals surface area contributed by atoms with Crippen LogP contribution in [0.15, 0.2) is 12.4 Å². The van der Waals surface area contributed by atoms with Gasteiger partial charge in [-0.2, -0.15) is 13.2 Å². The second kappa shape index (κ2) is 8.96. The molecule has 2 aromatic rings. The Hall–Kier alpha value is -1.45. The van der Waals surface area contributed by atoms with Crippen molar-refractivity contribution in [2.45, 2.75) is 58.2 Å². The number of anilines is 1. The van der Waals surface area contributed by atoms with Crippen LogP contribution in [0.4, 0.5) is 19.0 Å². The number of fused-ring (bicyclic) bond motifs is 1. The lowest BCUT2D eigenvalue weighted by atomic mass is 9.74. The minimum Gasteiger partial charge on any atom is -0.381 e. The zero-order chi connectivity index (χ0) is 23.2. The molecule has 182 valence electrons. The highest BCUT2D eigenvalue weighted by molar-refractivity contribution is 7.18. The van der Waals surface area contributed by atoms with E-state index in [0.29, 0.717) is 21.7 Å². The fourth-order valence-electron chi connectivity index (χ4n) is 6.08. The molecule has 9 heteroatoms. The van der Waals surface area contributed by atoms with E-state index >= 15 is 0 Å². The van der Waals surface area contributed by atoms with Crippen molar-refractivity contribution >= 4 is 27.4 Å². The monoisotopic (exact) mass is 482 g/mol. The molecule has 3 fully saturated rings. The van der Waals surface area contributed by atoms with E-state index < -0.39 is 12.6 Å². The maximum atomic E-state index is 12.9. The van der Waals surface area contributed by atoms with E-state index in [0.717, 1.165) is 87.1 Å². The second-order valence-electron chi connectivity index (χ2n) is 10.6. The zero-order valence-electron chi connectivity index (χ0n) is 19.4. The highest BCUT2D eigenvalue weighted by Crippen LogP contribution is 2.45. The molecule has 0 bridgehead atoms. The summed E-state index contributed by atoms with van der Waals surface area (Å²) < 4.78 is 44.3. The molecule has 1 atom stereocenters. The number of ether oxygens (including phenoxy) is 1. The van der Waals surface area contributed by atoms with Crippen molar-refractivity contribution in [3.05, 3.63) is 17.3 Å². The first kappa shape index (κ1) is 23.3. The predicted molar refractivity (Wildman–Crippen MR) is 125 cm³/mol. The van der Waals surface area contributed by atoms with Gasteiger partial charge in [-0.15, -0.1) is 11.3 Å². The van der Waals surface area contributed by atoms with E-state index in [4.69, 9.17) is 4.74 Å². The van der Waals surface area contributed by atoms with E-state index in [2.05, 4.69) is 33.6 Å². The molecule has 5 heterocycles. The summed E-state index contributed by atoms with van der Waals surface area (Å²) >= 11 is 1.13. The van der Waals surface area contributed by atoms with Gasteiger partial charge in [-0.3, -0.25) is 4.90 Å². The van der Waals surface area contributed by atoms with Gasteiger partial charge in [-0.1, -0.05) is 13.8 Å². The third-order valence-corrected chi connectivity index (χ3v) is 8.58. The van der Waals surface area contributed by atoms with E-state index in [1.807, 2.05) is 0 Å². The number of hydrogen-bond donors (Lipinski definition) is 0. The molecule has 33 heavy (non-hydrogen) atoms. The first-order chi connectivity index (χ1) is 15.7. The average Bonchev–Trinajstić information content (AvgIpc) is 3.34. The molecule has 0 saturated carbocycles. The predicted octanol–water partition coefficient (Wildman–Crippen LogP) is 5.15. The molecule has 0 amide bonds. The molecular weight excluding hydrogens is 449 g/mol. The van der Waals surface area contributed by atoms with Gasteiger partial charge in [-0.25, -0.2) is 9.97 Å². The Labute approximate surface area is 197 Å². The Balaban J connectivity index is 1.28. The molecular formula is C24H33F3N4OS. The molecule has 0 aromatic carbocycles. The fraction of sp³-hybridized carbons (Fsp3) is 0.750. The van der Waals surface area contributed by atoms with Crippen LogP contribution in [-0.4, -0.2) is 66.5 Å². The van der Waals surface area contributed by atoms with Crippen molar-refractivity contribution in [1.29, 1.82) is 0 Å². The SMILES string of the molecule is CC(C)C[C@@H](C1CCOCC1)N1CC2(CCN(c3ncnc4sc(CC(F)(F)F)cc34)C2)C1. The number of alkyl halides is 3. The Bertz CT molecular complexity index is 966. The molecule has 0 unspecified atom stereocenters. The summed E-state index contributed by atoms with van der Waals surface area (Å²) in [6.07, 6.45) is 1.03. The van der Waals surface area contributed by atoms with E-state index in [-0.39, 0.29) is 5.41 Å². The lowest BCUT2D eigenvalue weighted by Crippen LogP contribution is -2.62. The summed E-state index contributed by atoms with van der Waals surface area (Å²) in [5, 5.41) is 0.759.